The number of anilines is 2. The van der Waals surface area contributed by atoms with Gasteiger partial charge >= 0.3 is 0 Å². The number of piperidine rings is 1. The van der Waals surface area contributed by atoms with Crippen molar-refractivity contribution >= 4 is 22.7 Å². The van der Waals surface area contributed by atoms with Crippen molar-refractivity contribution in [1.82, 2.24) is 29.2 Å². The highest BCUT2D eigenvalue weighted by atomic mass is 16.5. The highest BCUT2D eigenvalue weighted by Gasteiger charge is 2.22. The highest BCUT2D eigenvalue weighted by molar-refractivity contribution is 5.77. The van der Waals surface area contributed by atoms with Gasteiger partial charge in [-0.15, -0.1) is 6.58 Å². The fourth-order valence-corrected chi connectivity index (χ4v) is 4.76. The Kier molecular flexibility index (Phi) is 7.24. The molecule has 1 saturated heterocycles. The van der Waals surface area contributed by atoms with Crippen molar-refractivity contribution in [3.8, 4) is 11.6 Å². The zero-order valence-corrected chi connectivity index (χ0v) is 22.9. The fourth-order valence-electron chi connectivity index (χ4n) is 4.76. The van der Waals surface area contributed by atoms with E-state index in [9.17, 15) is 9.90 Å². The Morgan fingerprint density at radius 3 is 2.67 bits per heavy atom. The Hall–Kier alpha value is -4.02. The van der Waals surface area contributed by atoms with Crippen molar-refractivity contribution in [2.24, 2.45) is 0 Å². The van der Waals surface area contributed by atoms with Gasteiger partial charge in [-0.2, -0.15) is 4.98 Å². The lowest BCUT2D eigenvalue weighted by molar-refractivity contribution is 0.0738. The summed E-state index contributed by atoms with van der Waals surface area (Å²) in [7, 11) is 2.14. The summed E-state index contributed by atoms with van der Waals surface area (Å²) < 4.78 is 9.43. The van der Waals surface area contributed by atoms with Crippen LogP contribution in [0.3, 0.4) is 0 Å². The summed E-state index contributed by atoms with van der Waals surface area (Å²) in [5.41, 5.74) is 1.30. The largest absolute Gasteiger partial charge is 0.490 e. The number of allylic oxidation sites excluding steroid dienone is 1. The second-order valence-electron chi connectivity index (χ2n) is 10.6. The van der Waals surface area contributed by atoms with E-state index in [1.54, 1.807) is 42.8 Å². The van der Waals surface area contributed by atoms with Crippen molar-refractivity contribution in [3.63, 3.8) is 0 Å². The van der Waals surface area contributed by atoms with Crippen LogP contribution in [0.2, 0.25) is 0 Å². The van der Waals surface area contributed by atoms with Gasteiger partial charge in [0.15, 0.2) is 11.5 Å². The van der Waals surface area contributed by atoms with Crippen LogP contribution in [0.1, 0.15) is 37.9 Å². The van der Waals surface area contributed by atoms with Crippen molar-refractivity contribution in [2.45, 2.75) is 51.9 Å². The van der Waals surface area contributed by atoms with Crippen LogP contribution in [-0.4, -0.2) is 60.6 Å². The first-order valence-electron chi connectivity index (χ1n) is 13.2. The van der Waals surface area contributed by atoms with Gasteiger partial charge in [-0.05, 0) is 76.6 Å². The molecular formula is C29H35N7O3. The third-order valence-corrected chi connectivity index (χ3v) is 6.95. The van der Waals surface area contributed by atoms with Gasteiger partial charge in [0.05, 0.1) is 12.2 Å². The topological polar surface area (TPSA) is 110 Å². The van der Waals surface area contributed by atoms with Crippen LogP contribution in [-0.2, 0) is 12.1 Å². The Bertz CT molecular complexity index is 1560. The first-order chi connectivity index (χ1) is 18.6. The summed E-state index contributed by atoms with van der Waals surface area (Å²) >= 11 is 0. The lowest BCUT2D eigenvalue weighted by Gasteiger charge is -2.29. The molecule has 10 nitrogen and oxygen atoms in total. The average Bonchev–Trinajstić information content (AvgIpc) is 3.17. The van der Waals surface area contributed by atoms with E-state index >= 15 is 0 Å². The fraction of sp³-hybridized carbons (Fsp3) is 0.379. The van der Waals surface area contributed by atoms with Crippen LogP contribution >= 0.6 is 0 Å². The van der Waals surface area contributed by atoms with E-state index in [1.807, 2.05) is 25.1 Å². The molecule has 0 spiro atoms. The highest BCUT2D eigenvalue weighted by Crippen LogP contribution is 2.27. The molecule has 0 radical (unpaired) electrons. The Balaban J connectivity index is 1.47. The number of nitrogens with one attached hydrogen (secondary N) is 1. The maximum absolute atomic E-state index is 13.2. The number of nitrogens with zero attached hydrogens (tertiary/aromatic N) is 6. The molecule has 0 atom stereocenters. The standard InChI is InChI=1S/C29H35N7O3/c1-6-14-35-27(37)22-18-30-28(33-26(22)36(35)25-9-7-8-24(32-25)29(3,4)38)31-20-10-11-23(19(2)17-20)39-21-12-15-34(5)16-13-21/h6-11,17-18,21,38H,1,12-16H2,2-5H3,(H,30,31,33). The van der Waals surface area contributed by atoms with Crippen LogP contribution < -0.4 is 15.6 Å². The summed E-state index contributed by atoms with van der Waals surface area (Å²) in [6, 6.07) is 11.2. The van der Waals surface area contributed by atoms with E-state index in [4.69, 9.17) is 9.72 Å². The molecule has 0 amide bonds. The molecule has 1 fully saturated rings. The minimum Gasteiger partial charge on any atom is -0.490 e. The van der Waals surface area contributed by atoms with Crippen LogP contribution in [0.4, 0.5) is 11.6 Å². The zero-order chi connectivity index (χ0) is 27.7. The zero-order valence-electron chi connectivity index (χ0n) is 22.9. The van der Waals surface area contributed by atoms with Crippen molar-refractivity contribution in [1.29, 1.82) is 0 Å². The van der Waals surface area contributed by atoms with Gasteiger partial charge in [0, 0.05) is 25.0 Å². The first-order valence-corrected chi connectivity index (χ1v) is 13.2. The molecular weight excluding hydrogens is 494 g/mol. The SMILES string of the molecule is C=CCn1c(=O)c2cnc(Nc3ccc(OC4CCN(C)CC4)c(C)c3)nc2n1-c1cccc(C(C)(C)O)n1. The lowest BCUT2D eigenvalue weighted by Crippen LogP contribution is -2.35. The summed E-state index contributed by atoms with van der Waals surface area (Å²) in [4.78, 5) is 29.3. The number of likely N-dealkylation sites (tertiary alicyclic amines) is 1. The minimum atomic E-state index is -1.15. The third kappa shape index (κ3) is 5.57. The predicted molar refractivity (Wildman–Crippen MR) is 152 cm³/mol. The summed E-state index contributed by atoms with van der Waals surface area (Å²) in [5.74, 6) is 1.67. The van der Waals surface area contributed by atoms with Gasteiger partial charge in [-0.25, -0.2) is 19.3 Å². The maximum atomic E-state index is 13.2. The molecule has 0 bridgehead atoms. The maximum Gasteiger partial charge on any atom is 0.278 e. The molecule has 1 aliphatic rings. The molecule has 4 heterocycles. The molecule has 0 saturated carbocycles. The molecule has 0 unspecified atom stereocenters. The average molecular weight is 530 g/mol. The number of aromatic nitrogens is 5. The van der Waals surface area contributed by atoms with Crippen molar-refractivity contribution in [2.75, 3.05) is 25.5 Å². The molecule has 5 rings (SSSR count). The minimum absolute atomic E-state index is 0.226. The smallest absolute Gasteiger partial charge is 0.278 e. The van der Waals surface area contributed by atoms with Crippen molar-refractivity contribution in [3.05, 3.63) is 76.9 Å². The van der Waals surface area contributed by atoms with E-state index in [-0.39, 0.29) is 18.2 Å². The summed E-state index contributed by atoms with van der Waals surface area (Å²) in [6.07, 6.45) is 5.42. The number of fused-ring (bicyclic) bond motifs is 1. The van der Waals surface area contributed by atoms with Gasteiger partial charge in [-0.3, -0.25) is 4.79 Å². The van der Waals surface area contributed by atoms with E-state index in [0.29, 0.717) is 28.5 Å². The molecule has 1 aromatic carbocycles. The van der Waals surface area contributed by atoms with E-state index in [1.165, 1.54) is 10.9 Å². The quantitative estimate of drug-likeness (QED) is 0.331. The second-order valence-corrected chi connectivity index (χ2v) is 10.6. The molecule has 0 aliphatic carbocycles. The normalized spacial score (nSPS) is 15.0. The van der Waals surface area contributed by atoms with E-state index in [2.05, 4.69) is 33.8 Å². The lowest BCUT2D eigenvalue weighted by atomic mass is 10.1. The van der Waals surface area contributed by atoms with Gasteiger partial charge in [0.2, 0.25) is 5.95 Å². The van der Waals surface area contributed by atoms with E-state index < -0.39 is 5.60 Å². The van der Waals surface area contributed by atoms with Crippen LogP contribution in [0.25, 0.3) is 16.9 Å². The Morgan fingerprint density at radius 2 is 1.97 bits per heavy atom. The number of aryl methyl sites for hydroxylation is 1. The molecule has 39 heavy (non-hydrogen) atoms. The number of hydrogen-bond donors (Lipinski definition) is 2. The monoisotopic (exact) mass is 529 g/mol. The number of rotatable bonds is 8. The van der Waals surface area contributed by atoms with Crippen molar-refractivity contribution < 1.29 is 9.84 Å². The molecule has 1 aliphatic heterocycles. The summed E-state index contributed by atoms with van der Waals surface area (Å²) in [5, 5.41) is 14.1. The molecule has 204 valence electrons. The molecule has 3 aromatic heterocycles. The molecule has 10 heteroatoms. The Morgan fingerprint density at radius 1 is 1.21 bits per heavy atom. The number of pyridine rings is 1. The predicted octanol–water partition coefficient (Wildman–Crippen LogP) is 3.92. The Labute approximate surface area is 227 Å². The number of hydrogen-bond acceptors (Lipinski definition) is 8. The second kappa shape index (κ2) is 10.6. The molecule has 4 aromatic rings. The van der Waals surface area contributed by atoms with E-state index in [0.717, 1.165) is 42.9 Å². The number of benzene rings is 1. The molecule has 2 N–H and O–H groups in total. The van der Waals surface area contributed by atoms with Gasteiger partial charge in [-0.1, -0.05) is 12.1 Å². The van der Waals surface area contributed by atoms with Gasteiger partial charge in [0.1, 0.15) is 22.8 Å². The van der Waals surface area contributed by atoms with Crippen LogP contribution in [0.5, 0.6) is 5.75 Å². The third-order valence-electron chi connectivity index (χ3n) is 6.95. The van der Waals surface area contributed by atoms with Crippen LogP contribution in [0, 0.1) is 6.92 Å². The first kappa shape index (κ1) is 26.6. The van der Waals surface area contributed by atoms with Crippen LogP contribution in [0.15, 0.2) is 60.0 Å². The number of aliphatic hydroxyl groups is 1. The number of ether oxygens (including phenoxy) is 1. The summed E-state index contributed by atoms with van der Waals surface area (Å²) in [6.45, 7) is 11.5. The van der Waals surface area contributed by atoms with Gasteiger partial charge in [0.25, 0.3) is 5.56 Å². The van der Waals surface area contributed by atoms with Gasteiger partial charge < -0.3 is 20.1 Å².